The molecule has 0 spiro atoms. The molecule has 2 aromatic rings. The molecular formula is C21H20ClNO3. The number of hydrogen-bond donors (Lipinski definition) is 1. The van der Waals surface area contributed by atoms with Gasteiger partial charge in [-0.15, -0.1) is 0 Å². The molecular weight excluding hydrogens is 350 g/mol. The Morgan fingerprint density at radius 1 is 1.12 bits per heavy atom. The lowest BCUT2D eigenvalue weighted by Gasteiger charge is -2.23. The summed E-state index contributed by atoms with van der Waals surface area (Å²) >= 11 is 5.95. The van der Waals surface area contributed by atoms with E-state index in [2.05, 4.69) is 5.32 Å². The van der Waals surface area contributed by atoms with Gasteiger partial charge in [0.05, 0.1) is 12.2 Å². The number of esters is 1. The summed E-state index contributed by atoms with van der Waals surface area (Å²) in [5.41, 5.74) is 3.30. The Bertz CT molecular complexity index is 825. The minimum absolute atomic E-state index is 0.0989. The summed E-state index contributed by atoms with van der Waals surface area (Å²) in [6.07, 6.45) is 2.90. The van der Waals surface area contributed by atoms with Gasteiger partial charge in [0.2, 0.25) is 0 Å². The molecule has 134 valence electrons. The van der Waals surface area contributed by atoms with E-state index >= 15 is 0 Å². The van der Waals surface area contributed by atoms with Crippen molar-refractivity contribution in [3.05, 3.63) is 76.5 Å². The van der Waals surface area contributed by atoms with Gasteiger partial charge < -0.3 is 10.1 Å². The number of ether oxygens (including phenoxy) is 1. The topological polar surface area (TPSA) is 55.4 Å². The van der Waals surface area contributed by atoms with Crippen LogP contribution in [0.1, 0.15) is 41.6 Å². The third-order valence-electron chi connectivity index (χ3n) is 4.29. The Morgan fingerprint density at radius 3 is 2.46 bits per heavy atom. The molecule has 0 aromatic heterocycles. The normalized spacial score (nSPS) is 16.8. The smallest absolute Gasteiger partial charge is 0.338 e. The van der Waals surface area contributed by atoms with Crippen molar-refractivity contribution in [1.29, 1.82) is 0 Å². The molecule has 3 rings (SSSR count). The fourth-order valence-corrected chi connectivity index (χ4v) is 3.17. The summed E-state index contributed by atoms with van der Waals surface area (Å²) in [5, 5.41) is 3.97. The molecule has 26 heavy (non-hydrogen) atoms. The lowest BCUT2D eigenvalue weighted by molar-refractivity contribution is -0.115. The van der Waals surface area contributed by atoms with Crippen molar-refractivity contribution in [2.24, 2.45) is 0 Å². The van der Waals surface area contributed by atoms with Gasteiger partial charge >= 0.3 is 5.97 Å². The van der Waals surface area contributed by atoms with Crippen LogP contribution >= 0.6 is 11.6 Å². The van der Waals surface area contributed by atoms with E-state index in [1.165, 1.54) is 0 Å². The van der Waals surface area contributed by atoms with Crippen LogP contribution in [0.2, 0.25) is 5.02 Å². The van der Waals surface area contributed by atoms with Crippen LogP contribution in [0.3, 0.4) is 0 Å². The number of hydrogen-bond acceptors (Lipinski definition) is 4. The van der Waals surface area contributed by atoms with Gasteiger partial charge in [0.1, 0.15) is 0 Å². The van der Waals surface area contributed by atoms with Gasteiger partial charge in [-0.3, -0.25) is 4.79 Å². The lowest BCUT2D eigenvalue weighted by atomic mass is 9.85. The maximum Gasteiger partial charge on any atom is 0.338 e. The van der Waals surface area contributed by atoms with Crippen LogP contribution in [0.15, 0.2) is 60.3 Å². The van der Waals surface area contributed by atoms with E-state index in [1.807, 2.05) is 36.4 Å². The zero-order chi connectivity index (χ0) is 18.5. The van der Waals surface area contributed by atoms with Crippen LogP contribution in [0.25, 0.3) is 0 Å². The van der Waals surface area contributed by atoms with Crippen LogP contribution < -0.4 is 5.32 Å². The number of rotatable bonds is 5. The molecule has 4 nitrogen and oxygen atoms in total. The Hall–Kier alpha value is -2.59. The van der Waals surface area contributed by atoms with Gasteiger partial charge in [-0.2, -0.15) is 0 Å². The van der Waals surface area contributed by atoms with Gasteiger partial charge in [-0.1, -0.05) is 23.7 Å². The molecule has 1 N–H and O–H groups in total. The number of benzene rings is 2. The molecule has 1 aliphatic carbocycles. The molecule has 0 heterocycles. The van der Waals surface area contributed by atoms with Gasteiger partial charge in [0, 0.05) is 28.9 Å². The summed E-state index contributed by atoms with van der Waals surface area (Å²) in [5.74, 6) is -0.109. The standard InChI is InChI=1S/C21H20ClNO3/c1-2-26-21(25)15-5-9-18(10-6-15)23-19-11-16(12-20(24)13-19)14-3-7-17(22)8-4-14/h3-10,13,16,23H,2,11-12H2,1H3. The highest BCUT2D eigenvalue weighted by atomic mass is 35.5. The van der Waals surface area contributed by atoms with Crippen LogP contribution in [-0.2, 0) is 9.53 Å². The van der Waals surface area contributed by atoms with Crippen molar-refractivity contribution < 1.29 is 14.3 Å². The SMILES string of the molecule is CCOC(=O)c1ccc(NC2=CC(=O)CC(c3ccc(Cl)cc3)C2)cc1. The van der Waals surface area contributed by atoms with Gasteiger partial charge in [0.25, 0.3) is 0 Å². The number of nitrogens with one attached hydrogen (secondary N) is 1. The number of allylic oxidation sites excluding steroid dienone is 2. The molecule has 2 aromatic carbocycles. The molecule has 1 unspecified atom stereocenters. The maximum atomic E-state index is 12.1. The molecule has 0 amide bonds. The van der Waals surface area contributed by atoms with Gasteiger partial charge in [-0.05, 0) is 61.2 Å². The first-order valence-corrected chi connectivity index (χ1v) is 8.96. The van der Waals surface area contributed by atoms with Gasteiger partial charge in [-0.25, -0.2) is 4.79 Å². The predicted molar refractivity (Wildman–Crippen MR) is 103 cm³/mol. The largest absolute Gasteiger partial charge is 0.462 e. The van der Waals surface area contributed by atoms with Crippen molar-refractivity contribution in [2.75, 3.05) is 11.9 Å². The maximum absolute atomic E-state index is 12.1. The number of carbonyl (C=O) groups is 2. The summed E-state index contributed by atoms with van der Waals surface area (Å²) in [4.78, 5) is 23.8. The number of anilines is 1. The van der Waals surface area contributed by atoms with E-state index in [9.17, 15) is 9.59 Å². The first-order chi connectivity index (χ1) is 12.5. The summed E-state index contributed by atoms with van der Waals surface area (Å²) < 4.78 is 4.98. The fourth-order valence-electron chi connectivity index (χ4n) is 3.04. The van der Waals surface area contributed by atoms with E-state index in [4.69, 9.17) is 16.3 Å². The lowest BCUT2D eigenvalue weighted by Crippen LogP contribution is -2.16. The Labute approximate surface area is 157 Å². The molecule has 0 bridgehead atoms. The summed E-state index contributed by atoms with van der Waals surface area (Å²) in [6, 6.07) is 14.7. The van der Waals surface area contributed by atoms with Crippen molar-refractivity contribution >= 4 is 29.0 Å². The Morgan fingerprint density at radius 2 is 1.81 bits per heavy atom. The van der Waals surface area contributed by atoms with Crippen molar-refractivity contribution in [2.45, 2.75) is 25.7 Å². The number of ketones is 1. The molecule has 0 aliphatic heterocycles. The molecule has 1 atom stereocenters. The van der Waals surface area contributed by atoms with E-state index in [-0.39, 0.29) is 17.7 Å². The fraction of sp³-hybridized carbons (Fsp3) is 0.238. The molecule has 1 aliphatic rings. The molecule has 0 saturated carbocycles. The first kappa shape index (κ1) is 18.2. The molecule has 0 fully saturated rings. The predicted octanol–water partition coefficient (Wildman–Crippen LogP) is 4.96. The molecule has 0 saturated heterocycles. The van der Waals surface area contributed by atoms with Crippen molar-refractivity contribution in [3.8, 4) is 0 Å². The second-order valence-electron chi connectivity index (χ2n) is 6.22. The van der Waals surface area contributed by atoms with Crippen LogP contribution in [0.5, 0.6) is 0 Å². The average molecular weight is 370 g/mol. The second-order valence-corrected chi connectivity index (χ2v) is 6.65. The minimum Gasteiger partial charge on any atom is -0.462 e. The Kier molecular flexibility index (Phi) is 5.74. The van der Waals surface area contributed by atoms with E-state index in [0.29, 0.717) is 23.6 Å². The first-order valence-electron chi connectivity index (χ1n) is 8.58. The van der Waals surface area contributed by atoms with E-state index < -0.39 is 0 Å². The van der Waals surface area contributed by atoms with Crippen molar-refractivity contribution in [3.63, 3.8) is 0 Å². The van der Waals surface area contributed by atoms with Crippen LogP contribution in [0.4, 0.5) is 5.69 Å². The molecule has 5 heteroatoms. The van der Waals surface area contributed by atoms with E-state index in [0.717, 1.165) is 23.4 Å². The monoisotopic (exact) mass is 369 g/mol. The van der Waals surface area contributed by atoms with E-state index in [1.54, 1.807) is 25.1 Å². The summed E-state index contributed by atoms with van der Waals surface area (Å²) in [6.45, 7) is 2.12. The zero-order valence-corrected chi connectivity index (χ0v) is 15.3. The zero-order valence-electron chi connectivity index (χ0n) is 14.5. The van der Waals surface area contributed by atoms with Crippen LogP contribution in [-0.4, -0.2) is 18.4 Å². The Balaban J connectivity index is 1.70. The van der Waals surface area contributed by atoms with Crippen molar-refractivity contribution in [1.82, 2.24) is 0 Å². The van der Waals surface area contributed by atoms with Crippen LogP contribution in [0, 0.1) is 0 Å². The third kappa shape index (κ3) is 4.52. The highest BCUT2D eigenvalue weighted by Gasteiger charge is 2.22. The highest BCUT2D eigenvalue weighted by molar-refractivity contribution is 6.30. The van der Waals surface area contributed by atoms with Gasteiger partial charge in [0.15, 0.2) is 5.78 Å². The quantitative estimate of drug-likeness (QED) is 0.757. The second kappa shape index (κ2) is 8.19. The number of carbonyl (C=O) groups excluding carboxylic acids is 2. The third-order valence-corrected chi connectivity index (χ3v) is 4.54. The number of halogens is 1. The highest BCUT2D eigenvalue weighted by Crippen LogP contribution is 2.32. The molecule has 0 radical (unpaired) electrons. The minimum atomic E-state index is -0.339. The summed E-state index contributed by atoms with van der Waals surface area (Å²) in [7, 11) is 0. The average Bonchev–Trinajstić information content (AvgIpc) is 2.62.